The van der Waals surface area contributed by atoms with Crippen LogP contribution >= 0.6 is 0 Å². The Morgan fingerprint density at radius 1 is 0.882 bits per heavy atom. The minimum Gasteiger partial charge on any atom is -0.508 e. The van der Waals surface area contributed by atoms with Gasteiger partial charge < -0.3 is 10.0 Å². The van der Waals surface area contributed by atoms with Crippen LogP contribution in [0.1, 0.15) is 58.6 Å². The van der Waals surface area contributed by atoms with Crippen LogP contribution in [0.3, 0.4) is 0 Å². The second kappa shape index (κ2) is 9.34. The summed E-state index contributed by atoms with van der Waals surface area (Å²) < 4.78 is 28.8. The van der Waals surface area contributed by atoms with Crippen molar-refractivity contribution in [1.82, 2.24) is 9.21 Å². The molecule has 1 saturated carbocycles. The molecule has 7 heteroatoms. The molecule has 34 heavy (non-hydrogen) atoms. The van der Waals surface area contributed by atoms with Gasteiger partial charge in [-0.05, 0) is 105 Å². The van der Waals surface area contributed by atoms with Gasteiger partial charge in [-0.25, -0.2) is 8.42 Å². The van der Waals surface area contributed by atoms with Crippen molar-refractivity contribution in [1.29, 1.82) is 0 Å². The normalized spacial score (nSPS) is 18.2. The van der Waals surface area contributed by atoms with Crippen LogP contribution in [0.25, 0.3) is 0 Å². The summed E-state index contributed by atoms with van der Waals surface area (Å²) in [6, 6.07) is 7.17. The number of carbonyl (C=O) groups is 1. The van der Waals surface area contributed by atoms with Gasteiger partial charge in [-0.3, -0.25) is 4.79 Å². The topological polar surface area (TPSA) is 77.9 Å². The van der Waals surface area contributed by atoms with Gasteiger partial charge in [-0.2, -0.15) is 4.31 Å². The highest BCUT2D eigenvalue weighted by atomic mass is 32.2. The quantitative estimate of drug-likeness (QED) is 0.661. The van der Waals surface area contributed by atoms with Gasteiger partial charge in [0.1, 0.15) is 5.75 Å². The summed E-state index contributed by atoms with van der Waals surface area (Å²) in [4.78, 5) is 15.4. The van der Waals surface area contributed by atoms with Gasteiger partial charge >= 0.3 is 0 Å². The Kier molecular flexibility index (Phi) is 6.80. The molecule has 0 spiro atoms. The number of nitrogens with zero attached hydrogens (tertiary/aromatic N) is 2. The minimum atomic E-state index is -3.64. The molecule has 2 aliphatic rings. The SMILES string of the molecule is Cc1c(C)c(C)c(S(=O)(=O)N2CCN(C(=O)CC(c3ccc(O)cc3)C3CC3)CC2)c(C)c1C. The molecule has 6 nitrogen and oxygen atoms in total. The van der Waals surface area contributed by atoms with E-state index in [2.05, 4.69) is 0 Å². The number of hydrogen-bond acceptors (Lipinski definition) is 4. The number of phenols is 1. The molecule has 0 radical (unpaired) electrons. The second-order valence-electron chi connectivity index (χ2n) is 9.98. The first-order chi connectivity index (χ1) is 16.0. The van der Waals surface area contributed by atoms with Crippen molar-refractivity contribution in [3.05, 3.63) is 57.6 Å². The van der Waals surface area contributed by atoms with Gasteiger partial charge in [0.2, 0.25) is 15.9 Å². The predicted molar refractivity (Wildman–Crippen MR) is 134 cm³/mol. The van der Waals surface area contributed by atoms with Crippen LogP contribution in [0.2, 0.25) is 0 Å². The van der Waals surface area contributed by atoms with Crippen molar-refractivity contribution < 1.29 is 18.3 Å². The number of piperazine rings is 1. The van der Waals surface area contributed by atoms with E-state index in [0.29, 0.717) is 43.4 Å². The van der Waals surface area contributed by atoms with Gasteiger partial charge in [0.25, 0.3) is 0 Å². The summed E-state index contributed by atoms with van der Waals surface area (Å²) in [7, 11) is -3.64. The largest absolute Gasteiger partial charge is 0.508 e. The molecule has 2 aromatic carbocycles. The maximum absolute atomic E-state index is 13.6. The van der Waals surface area contributed by atoms with E-state index in [1.165, 1.54) is 0 Å². The van der Waals surface area contributed by atoms with E-state index in [1.807, 2.05) is 51.7 Å². The average molecular weight is 485 g/mol. The van der Waals surface area contributed by atoms with Crippen LogP contribution in [-0.4, -0.2) is 54.8 Å². The summed E-state index contributed by atoms with van der Waals surface area (Å²) in [5, 5.41) is 9.60. The van der Waals surface area contributed by atoms with Crippen LogP contribution in [0, 0.1) is 40.5 Å². The number of aromatic hydroxyl groups is 1. The first-order valence-electron chi connectivity index (χ1n) is 12.2. The van der Waals surface area contributed by atoms with Crippen LogP contribution in [0.5, 0.6) is 5.75 Å². The van der Waals surface area contributed by atoms with Crippen LogP contribution < -0.4 is 0 Å². The first kappa shape index (κ1) is 24.7. The third-order valence-corrected chi connectivity index (χ3v) is 10.2. The molecule has 0 aromatic heterocycles. The third kappa shape index (κ3) is 4.60. The molecule has 1 N–H and O–H groups in total. The molecule has 1 atom stereocenters. The van der Waals surface area contributed by atoms with E-state index in [4.69, 9.17) is 0 Å². The van der Waals surface area contributed by atoms with Gasteiger partial charge in [-0.1, -0.05) is 12.1 Å². The highest BCUT2D eigenvalue weighted by molar-refractivity contribution is 7.89. The highest BCUT2D eigenvalue weighted by Gasteiger charge is 2.37. The summed E-state index contributed by atoms with van der Waals surface area (Å²) in [5.41, 5.74) is 5.92. The van der Waals surface area contributed by atoms with Crippen LogP contribution in [0.4, 0.5) is 0 Å². The number of phenolic OH excluding ortho intramolecular Hbond substituents is 1. The molecular weight excluding hydrogens is 448 g/mol. The minimum absolute atomic E-state index is 0.0800. The molecule has 0 bridgehead atoms. The van der Waals surface area contributed by atoms with Gasteiger partial charge in [0, 0.05) is 32.6 Å². The Morgan fingerprint density at radius 2 is 1.38 bits per heavy atom. The molecular formula is C27H36N2O4S. The molecule has 1 aliphatic carbocycles. The van der Waals surface area contributed by atoms with Crippen molar-refractivity contribution in [3.63, 3.8) is 0 Å². The molecule has 1 aliphatic heterocycles. The Balaban J connectivity index is 1.46. The maximum Gasteiger partial charge on any atom is 0.243 e. The lowest BCUT2D eigenvalue weighted by Crippen LogP contribution is -2.51. The van der Waals surface area contributed by atoms with Crippen molar-refractivity contribution in [2.75, 3.05) is 26.2 Å². The van der Waals surface area contributed by atoms with Crippen LogP contribution in [-0.2, 0) is 14.8 Å². The molecule has 2 fully saturated rings. The van der Waals surface area contributed by atoms with E-state index >= 15 is 0 Å². The molecule has 1 unspecified atom stereocenters. The number of benzene rings is 2. The molecule has 4 rings (SSSR count). The smallest absolute Gasteiger partial charge is 0.243 e. The van der Waals surface area contributed by atoms with Crippen molar-refractivity contribution >= 4 is 15.9 Å². The fourth-order valence-electron chi connectivity index (χ4n) is 5.25. The lowest BCUT2D eigenvalue weighted by molar-refractivity contribution is -0.132. The fraction of sp³-hybridized carbons (Fsp3) is 0.519. The third-order valence-electron chi connectivity index (χ3n) is 8.03. The van der Waals surface area contributed by atoms with Crippen molar-refractivity contribution in [2.24, 2.45) is 5.92 Å². The second-order valence-corrected chi connectivity index (χ2v) is 11.9. The Labute approximate surface area is 203 Å². The zero-order valence-corrected chi connectivity index (χ0v) is 21.7. The van der Waals surface area contributed by atoms with Crippen LogP contribution in [0.15, 0.2) is 29.2 Å². The van der Waals surface area contributed by atoms with E-state index in [1.54, 1.807) is 16.4 Å². The number of rotatable bonds is 6. The summed E-state index contributed by atoms with van der Waals surface area (Å²) in [6.45, 7) is 11.2. The van der Waals surface area contributed by atoms with Gasteiger partial charge in [0.05, 0.1) is 4.90 Å². The summed E-state index contributed by atoms with van der Waals surface area (Å²) in [5.74, 6) is 0.968. The maximum atomic E-state index is 13.6. The standard InChI is InChI=1S/C27H36N2O4S/c1-17-18(2)20(4)27(21(5)19(17)3)34(32,33)29-14-12-28(13-15-29)26(31)16-25(22-6-7-22)23-8-10-24(30)11-9-23/h8-11,22,25,30H,6-7,12-16H2,1-5H3. The number of hydrogen-bond donors (Lipinski definition) is 1. The van der Waals surface area contributed by atoms with Crippen molar-refractivity contribution in [3.8, 4) is 5.75 Å². The summed E-state index contributed by atoms with van der Waals surface area (Å²) in [6.07, 6.45) is 2.68. The lowest BCUT2D eigenvalue weighted by Gasteiger charge is -2.35. The van der Waals surface area contributed by atoms with Gasteiger partial charge in [0.15, 0.2) is 0 Å². The molecule has 1 saturated heterocycles. The zero-order chi connectivity index (χ0) is 24.8. The highest BCUT2D eigenvalue weighted by Crippen LogP contribution is 2.45. The number of carbonyl (C=O) groups excluding carboxylic acids is 1. The van der Waals surface area contributed by atoms with Crippen molar-refractivity contribution in [2.45, 2.75) is 64.7 Å². The van der Waals surface area contributed by atoms with E-state index in [0.717, 1.165) is 46.2 Å². The first-order valence-corrected chi connectivity index (χ1v) is 13.6. The lowest BCUT2D eigenvalue weighted by atomic mass is 9.90. The Bertz CT molecular complexity index is 1160. The molecule has 1 heterocycles. The van der Waals surface area contributed by atoms with E-state index in [9.17, 15) is 18.3 Å². The average Bonchev–Trinajstić information content (AvgIpc) is 3.66. The van der Waals surface area contributed by atoms with E-state index in [-0.39, 0.29) is 17.6 Å². The monoisotopic (exact) mass is 484 g/mol. The van der Waals surface area contributed by atoms with Gasteiger partial charge in [-0.15, -0.1) is 0 Å². The molecule has 184 valence electrons. The Hall–Kier alpha value is -2.38. The molecule has 2 aromatic rings. The number of sulfonamides is 1. The predicted octanol–water partition coefficient (Wildman–Crippen LogP) is 4.35. The number of amides is 1. The summed E-state index contributed by atoms with van der Waals surface area (Å²) >= 11 is 0. The Morgan fingerprint density at radius 3 is 1.88 bits per heavy atom. The van der Waals surface area contributed by atoms with E-state index < -0.39 is 10.0 Å². The zero-order valence-electron chi connectivity index (χ0n) is 20.9. The fourth-order valence-corrected chi connectivity index (χ4v) is 7.24. The molecule has 1 amide bonds.